The first-order valence-electron chi connectivity index (χ1n) is 7.64. The molecule has 0 aromatic carbocycles. The highest BCUT2D eigenvalue weighted by Crippen LogP contribution is 2.30. The maximum absolute atomic E-state index is 12.1. The fourth-order valence-electron chi connectivity index (χ4n) is 2.52. The number of hydrogen-bond acceptors (Lipinski definition) is 7. The van der Waals surface area contributed by atoms with Gasteiger partial charge in [-0.2, -0.15) is 0 Å². The van der Waals surface area contributed by atoms with Crippen molar-refractivity contribution in [3.05, 3.63) is 28.7 Å². The third-order valence-corrected chi connectivity index (χ3v) is 4.79. The summed E-state index contributed by atoms with van der Waals surface area (Å²) in [6.07, 6.45) is 9.01. The summed E-state index contributed by atoms with van der Waals surface area (Å²) in [5, 5.41) is 9.85. The summed E-state index contributed by atoms with van der Waals surface area (Å²) in [5.41, 5.74) is 2.96. The molecule has 2 aromatic rings. The van der Waals surface area contributed by atoms with Crippen LogP contribution in [-0.4, -0.2) is 56.5 Å². The number of nitrogens with zero attached hydrogens (tertiary/aromatic N) is 5. The molecule has 1 aliphatic rings. The van der Waals surface area contributed by atoms with E-state index in [4.69, 9.17) is 11.2 Å². The molecule has 3 rings (SSSR count). The van der Waals surface area contributed by atoms with Crippen LogP contribution in [-0.2, 0) is 4.74 Å². The van der Waals surface area contributed by atoms with Crippen LogP contribution >= 0.6 is 11.3 Å². The Bertz CT molecular complexity index is 774. The molecule has 25 heavy (non-hydrogen) atoms. The Labute approximate surface area is 148 Å². The molecule has 1 N–H and O–H groups in total. The molecule has 1 aliphatic heterocycles. The van der Waals surface area contributed by atoms with Gasteiger partial charge in [-0.3, -0.25) is 10.2 Å². The first-order valence-corrected chi connectivity index (χ1v) is 8.52. The Morgan fingerprint density at radius 2 is 2.08 bits per heavy atom. The van der Waals surface area contributed by atoms with Crippen molar-refractivity contribution >= 4 is 23.3 Å². The first kappa shape index (κ1) is 16.9. The van der Waals surface area contributed by atoms with E-state index in [9.17, 15) is 9.59 Å². The third kappa shape index (κ3) is 4.13. The van der Waals surface area contributed by atoms with Crippen molar-refractivity contribution in [1.29, 1.82) is 0 Å². The summed E-state index contributed by atoms with van der Waals surface area (Å²) in [5.74, 6) is 2.17. The van der Waals surface area contributed by atoms with Crippen molar-refractivity contribution in [2.24, 2.45) is 0 Å². The van der Waals surface area contributed by atoms with Gasteiger partial charge < -0.3 is 9.64 Å². The van der Waals surface area contributed by atoms with E-state index in [0.29, 0.717) is 18.8 Å². The Kier molecular flexibility index (Phi) is 5.25. The number of nitrogens with one attached hydrogen (secondary N) is 1. The van der Waals surface area contributed by atoms with Crippen LogP contribution in [0.4, 0.5) is 4.79 Å². The number of rotatable bonds is 4. The second-order valence-corrected chi connectivity index (χ2v) is 6.29. The molecule has 130 valence electrons. The number of carbonyl (C=O) groups excluding carboxylic acids is 2. The van der Waals surface area contributed by atoms with Gasteiger partial charge in [-0.1, -0.05) is 5.92 Å². The van der Waals surface area contributed by atoms with E-state index in [0.717, 1.165) is 17.8 Å². The fourth-order valence-corrected chi connectivity index (χ4v) is 3.49. The second-order valence-electron chi connectivity index (χ2n) is 5.40. The average Bonchev–Trinajstić information content (AvgIpc) is 3.31. The molecule has 0 radical (unpaired) electrons. The Balaban J connectivity index is 1.54. The Hall–Kier alpha value is -2.93. The number of amides is 2. The minimum atomic E-state index is -0.385. The molecule has 0 atom stereocenters. The van der Waals surface area contributed by atoms with Gasteiger partial charge in [0.25, 0.3) is 5.91 Å². The van der Waals surface area contributed by atoms with Crippen molar-refractivity contribution in [3.8, 4) is 12.3 Å². The molecule has 3 heterocycles. The number of terminal acetylenes is 1. The van der Waals surface area contributed by atoms with Crippen LogP contribution in [0.2, 0.25) is 0 Å². The first-order chi connectivity index (χ1) is 12.2. The molecule has 2 amide bonds. The lowest BCUT2D eigenvalue weighted by Gasteiger charge is -2.30. The second kappa shape index (κ2) is 7.76. The molecule has 0 bridgehead atoms. The van der Waals surface area contributed by atoms with E-state index in [2.05, 4.69) is 26.5 Å². The maximum atomic E-state index is 12.1. The highest BCUT2D eigenvalue weighted by molar-refractivity contribution is 7.09. The molecule has 9 nitrogen and oxygen atoms in total. The van der Waals surface area contributed by atoms with Crippen LogP contribution in [0.3, 0.4) is 0 Å². The number of carbonyl (C=O) groups is 2. The fraction of sp³-hybridized carbons (Fsp3) is 0.400. The zero-order valence-corrected chi connectivity index (χ0v) is 14.1. The molecule has 1 saturated heterocycles. The predicted molar refractivity (Wildman–Crippen MR) is 89.6 cm³/mol. The molecule has 0 unspecified atom stereocenters. The number of aromatic nitrogens is 4. The highest BCUT2D eigenvalue weighted by atomic mass is 32.1. The zero-order chi connectivity index (χ0) is 17.6. The van der Waals surface area contributed by atoms with Gasteiger partial charge in [0.1, 0.15) is 18.3 Å². The lowest BCUT2D eigenvalue weighted by molar-refractivity contribution is 0.100. The lowest BCUT2D eigenvalue weighted by atomic mass is 9.98. The van der Waals surface area contributed by atoms with E-state index in [-0.39, 0.29) is 24.5 Å². The van der Waals surface area contributed by atoms with Crippen LogP contribution in [0.5, 0.6) is 0 Å². The summed E-state index contributed by atoms with van der Waals surface area (Å²) < 4.78 is 6.29. The van der Waals surface area contributed by atoms with E-state index < -0.39 is 0 Å². The standard InChI is InChI=1S/C15H16N6O3S/c1-2-7-24-15(23)20-5-3-11(4-6-20)14-18-12(8-25-14)13(22)19-21-9-16-17-10-21/h1,8-11H,3-7H2,(H,19,22). The van der Waals surface area contributed by atoms with Crippen LogP contribution in [0.1, 0.15) is 34.3 Å². The maximum Gasteiger partial charge on any atom is 0.410 e. The minimum Gasteiger partial charge on any atom is -0.436 e. The summed E-state index contributed by atoms with van der Waals surface area (Å²) >= 11 is 1.45. The van der Waals surface area contributed by atoms with Crippen molar-refractivity contribution in [2.45, 2.75) is 18.8 Å². The van der Waals surface area contributed by atoms with E-state index in [1.807, 2.05) is 0 Å². The van der Waals surface area contributed by atoms with Crippen molar-refractivity contribution in [3.63, 3.8) is 0 Å². The van der Waals surface area contributed by atoms with Gasteiger partial charge in [-0.05, 0) is 12.8 Å². The van der Waals surface area contributed by atoms with Crippen LogP contribution in [0.25, 0.3) is 0 Å². The van der Waals surface area contributed by atoms with Gasteiger partial charge in [0.05, 0.1) is 5.01 Å². The number of piperidine rings is 1. The molecule has 1 fully saturated rings. The molecule has 0 saturated carbocycles. The number of thiazole rings is 1. The predicted octanol–water partition coefficient (Wildman–Crippen LogP) is 1.07. The Morgan fingerprint density at radius 1 is 1.36 bits per heavy atom. The normalized spacial score (nSPS) is 14.8. The summed E-state index contributed by atoms with van der Waals surface area (Å²) in [7, 11) is 0. The van der Waals surface area contributed by atoms with Crippen molar-refractivity contribution < 1.29 is 14.3 Å². The van der Waals surface area contributed by atoms with Gasteiger partial charge in [0, 0.05) is 24.4 Å². The van der Waals surface area contributed by atoms with Crippen molar-refractivity contribution in [2.75, 3.05) is 25.1 Å². The largest absolute Gasteiger partial charge is 0.436 e. The number of ether oxygens (including phenoxy) is 1. The number of hydrogen-bond donors (Lipinski definition) is 1. The molecular formula is C15H16N6O3S. The topological polar surface area (TPSA) is 102 Å². The van der Waals surface area contributed by atoms with Gasteiger partial charge >= 0.3 is 6.09 Å². The van der Waals surface area contributed by atoms with Crippen LogP contribution in [0.15, 0.2) is 18.0 Å². The van der Waals surface area contributed by atoms with E-state index in [1.165, 1.54) is 28.7 Å². The summed E-state index contributed by atoms with van der Waals surface area (Å²) in [4.78, 5) is 30.0. The minimum absolute atomic E-state index is 0.0177. The highest BCUT2D eigenvalue weighted by Gasteiger charge is 2.27. The quantitative estimate of drug-likeness (QED) is 0.818. The van der Waals surface area contributed by atoms with Crippen molar-refractivity contribution in [1.82, 2.24) is 24.8 Å². The number of likely N-dealkylation sites (tertiary alicyclic amines) is 1. The van der Waals surface area contributed by atoms with Crippen LogP contribution < -0.4 is 5.43 Å². The monoisotopic (exact) mass is 360 g/mol. The summed E-state index contributed by atoms with van der Waals surface area (Å²) in [6, 6.07) is 0. The lowest BCUT2D eigenvalue weighted by Crippen LogP contribution is -2.38. The summed E-state index contributed by atoms with van der Waals surface area (Å²) in [6.45, 7) is 1.14. The molecule has 0 spiro atoms. The molecule has 2 aromatic heterocycles. The SMILES string of the molecule is C#CCOC(=O)N1CCC(c2nc(C(=O)Nn3cnnc3)cs2)CC1. The molecule has 0 aliphatic carbocycles. The van der Waals surface area contributed by atoms with E-state index >= 15 is 0 Å². The zero-order valence-electron chi connectivity index (χ0n) is 13.3. The molecule has 10 heteroatoms. The van der Waals surface area contributed by atoms with Gasteiger partial charge in [-0.15, -0.1) is 28.0 Å². The third-order valence-electron chi connectivity index (χ3n) is 3.79. The average molecular weight is 360 g/mol. The van der Waals surface area contributed by atoms with Gasteiger partial charge in [-0.25, -0.2) is 14.5 Å². The molecular weight excluding hydrogens is 344 g/mol. The van der Waals surface area contributed by atoms with Gasteiger partial charge in [0.2, 0.25) is 0 Å². The van der Waals surface area contributed by atoms with E-state index in [1.54, 1.807) is 10.3 Å². The van der Waals surface area contributed by atoms with Gasteiger partial charge in [0.15, 0.2) is 6.61 Å². The smallest absolute Gasteiger partial charge is 0.410 e. The Morgan fingerprint density at radius 3 is 2.76 bits per heavy atom. The van der Waals surface area contributed by atoms with Crippen LogP contribution in [0, 0.1) is 12.3 Å².